The fourth-order valence-corrected chi connectivity index (χ4v) is 3.47. The highest BCUT2D eigenvalue weighted by Gasteiger charge is 2.30. The fourth-order valence-electron chi connectivity index (χ4n) is 2.73. The maximum absolute atomic E-state index is 12.7. The van der Waals surface area contributed by atoms with E-state index in [2.05, 4.69) is 4.98 Å². The van der Waals surface area contributed by atoms with Crippen molar-refractivity contribution in [1.82, 2.24) is 9.88 Å². The van der Waals surface area contributed by atoms with Gasteiger partial charge in [-0.3, -0.25) is 4.79 Å². The van der Waals surface area contributed by atoms with Crippen LogP contribution in [-0.4, -0.2) is 42.1 Å². The second kappa shape index (κ2) is 7.21. The van der Waals surface area contributed by atoms with Crippen LogP contribution >= 0.6 is 11.3 Å². The molecule has 1 aromatic heterocycles. The molecular formula is C17H20N2O3S. The smallest absolute Gasteiger partial charge is 0.273 e. The van der Waals surface area contributed by atoms with Crippen LogP contribution in [0.4, 0.5) is 0 Å². The lowest BCUT2D eigenvalue weighted by atomic mass is 10.1. The molecule has 0 N–H and O–H groups in total. The van der Waals surface area contributed by atoms with Crippen molar-refractivity contribution in [2.24, 2.45) is 0 Å². The van der Waals surface area contributed by atoms with Gasteiger partial charge in [-0.25, -0.2) is 4.98 Å². The van der Waals surface area contributed by atoms with Crippen molar-refractivity contribution in [1.29, 1.82) is 0 Å². The van der Waals surface area contributed by atoms with Gasteiger partial charge in [0.2, 0.25) is 0 Å². The van der Waals surface area contributed by atoms with E-state index >= 15 is 0 Å². The topological polar surface area (TPSA) is 51.7 Å². The van der Waals surface area contributed by atoms with E-state index in [1.807, 2.05) is 42.2 Å². The van der Waals surface area contributed by atoms with E-state index < -0.39 is 0 Å². The van der Waals surface area contributed by atoms with Crippen LogP contribution in [0.5, 0.6) is 0 Å². The molecule has 23 heavy (non-hydrogen) atoms. The van der Waals surface area contributed by atoms with Gasteiger partial charge in [0.25, 0.3) is 5.91 Å². The molecule has 0 saturated carbocycles. The summed E-state index contributed by atoms with van der Waals surface area (Å²) in [6.45, 7) is 3.56. The third-order valence-electron chi connectivity index (χ3n) is 3.76. The van der Waals surface area contributed by atoms with Gasteiger partial charge in [-0.2, -0.15) is 0 Å². The zero-order valence-corrected chi connectivity index (χ0v) is 14.1. The largest absolute Gasteiger partial charge is 0.378 e. The van der Waals surface area contributed by atoms with E-state index in [9.17, 15) is 4.79 Å². The molecule has 6 heteroatoms. The number of hydrogen-bond donors (Lipinski definition) is 0. The second-order valence-corrected chi connectivity index (χ2v) is 6.56. The molecule has 1 aliphatic rings. The number of rotatable bonds is 4. The molecule has 2 unspecified atom stereocenters. The van der Waals surface area contributed by atoms with Crippen molar-refractivity contribution in [2.75, 3.05) is 20.2 Å². The lowest BCUT2D eigenvalue weighted by Gasteiger charge is -2.36. The lowest BCUT2D eigenvalue weighted by molar-refractivity contribution is -0.0692. The molecule has 1 amide bonds. The number of carbonyl (C=O) groups excluding carboxylic acids is 1. The van der Waals surface area contributed by atoms with Gasteiger partial charge in [0, 0.05) is 19.0 Å². The first kappa shape index (κ1) is 16.1. The summed E-state index contributed by atoms with van der Waals surface area (Å²) in [6.07, 6.45) is -0.101. The Hall–Kier alpha value is -1.76. The first-order chi connectivity index (χ1) is 11.2. The number of aromatic nitrogens is 1. The minimum atomic E-state index is -0.0963. The quantitative estimate of drug-likeness (QED) is 0.864. The SMILES string of the molecule is COCc1nc(C(=O)N2CC(C)OC(c3ccccc3)C2)cs1. The molecule has 122 valence electrons. The molecule has 5 nitrogen and oxygen atoms in total. The van der Waals surface area contributed by atoms with Gasteiger partial charge in [0.1, 0.15) is 16.8 Å². The molecule has 1 fully saturated rings. The summed E-state index contributed by atoms with van der Waals surface area (Å²) in [7, 11) is 1.62. The van der Waals surface area contributed by atoms with Crippen LogP contribution in [-0.2, 0) is 16.1 Å². The fraction of sp³-hybridized carbons (Fsp3) is 0.412. The molecule has 2 aromatic rings. The average molecular weight is 332 g/mol. The molecular weight excluding hydrogens is 312 g/mol. The van der Waals surface area contributed by atoms with Crippen molar-refractivity contribution in [3.05, 3.63) is 52.0 Å². The molecule has 1 aromatic carbocycles. The molecule has 0 bridgehead atoms. The molecule has 1 aliphatic heterocycles. The Morgan fingerprint density at radius 2 is 2.17 bits per heavy atom. The summed E-state index contributed by atoms with van der Waals surface area (Å²) >= 11 is 1.45. The molecule has 0 spiro atoms. The van der Waals surface area contributed by atoms with E-state index in [-0.39, 0.29) is 18.1 Å². The highest BCUT2D eigenvalue weighted by Crippen LogP contribution is 2.26. The van der Waals surface area contributed by atoms with Gasteiger partial charge in [0.15, 0.2) is 0 Å². The monoisotopic (exact) mass is 332 g/mol. The molecule has 0 aliphatic carbocycles. The highest BCUT2D eigenvalue weighted by atomic mass is 32.1. The standard InChI is InChI=1S/C17H20N2O3S/c1-12-8-19(9-15(22-12)13-6-4-3-5-7-13)17(20)14-11-23-16(18-14)10-21-2/h3-7,11-12,15H,8-10H2,1-2H3. The van der Waals surface area contributed by atoms with E-state index in [4.69, 9.17) is 9.47 Å². The predicted molar refractivity (Wildman–Crippen MR) is 88.5 cm³/mol. The summed E-state index contributed by atoms with van der Waals surface area (Å²) in [5, 5.41) is 2.62. The van der Waals surface area contributed by atoms with Gasteiger partial charge in [-0.15, -0.1) is 11.3 Å². The number of amides is 1. The third-order valence-corrected chi connectivity index (χ3v) is 4.58. The van der Waals surface area contributed by atoms with E-state index in [0.717, 1.165) is 10.6 Å². The minimum absolute atomic E-state index is 0.00464. The minimum Gasteiger partial charge on any atom is -0.378 e. The van der Waals surface area contributed by atoms with Gasteiger partial charge in [0.05, 0.1) is 19.3 Å². The molecule has 3 rings (SSSR count). The molecule has 2 atom stereocenters. The number of methoxy groups -OCH3 is 1. The van der Waals surface area contributed by atoms with Crippen LogP contribution in [0, 0.1) is 0 Å². The van der Waals surface area contributed by atoms with Crippen LogP contribution in [0.15, 0.2) is 35.7 Å². The van der Waals surface area contributed by atoms with Gasteiger partial charge >= 0.3 is 0 Å². The zero-order chi connectivity index (χ0) is 16.2. The van der Waals surface area contributed by atoms with Crippen LogP contribution < -0.4 is 0 Å². The Balaban J connectivity index is 1.74. The summed E-state index contributed by atoms with van der Waals surface area (Å²) < 4.78 is 11.1. The number of carbonyl (C=O) groups is 1. The summed E-state index contributed by atoms with van der Waals surface area (Å²) in [4.78, 5) is 18.9. The summed E-state index contributed by atoms with van der Waals surface area (Å²) in [5.74, 6) is -0.0420. The number of morpholine rings is 1. The predicted octanol–water partition coefficient (Wildman–Crippen LogP) is 2.89. The molecule has 0 radical (unpaired) electrons. The Kier molecular flexibility index (Phi) is 5.05. The second-order valence-electron chi connectivity index (χ2n) is 5.62. The van der Waals surface area contributed by atoms with E-state index in [1.54, 1.807) is 12.5 Å². The molecule has 1 saturated heterocycles. The van der Waals surface area contributed by atoms with Gasteiger partial charge in [-0.05, 0) is 12.5 Å². The van der Waals surface area contributed by atoms with Crippen molar-refractivity contribution in [2.45, 2.75) is 25.7 Å². The summed E-state index contributed by atoms with van der Waals surface area (Å²) in [6, 6.07) is 10.0. The highest BCUT2D eigenvalue weighted by molar-refractivity contribution is 7.09. The Morgan fingerprint density at radius 1 is 1.39 bits per heavy atom. The van der Waals surface area contributed by atoms with Crippen LogP contribution in [0.1, 0.15) is 34.1 Å². The number of ether oxygens (including phenoxy) is 2. The zero-order valence-electron chi connectivity index (χ0n) is 13.3. The van der Waals surface area contributed by atoms with Gasteiger partial charge in [-0.1, -0.05) is 30.3 Å². The van der Waals surface area contributed by atoms with Crippen LogP contribution in [0.25, 0.3) is 0 Å². The Labute approximate surface area is 139 Å². The Bertz CT molecular complexity index is 659. The maximum atomic E-state index is 12.7. The number of thiazole rings is 1. The van der Waals surface area contributed by atoms with E-state index in [1.165, 1.54) is 11.3 Å². The van der Waals surface area contributed by atoms with Crippen molar-refractivity contribution in [3.63, 3.8) is 0 Å². The number of benzene rings is 1. The van der Waals surface area contributed by atoms with Crippen LogP contribution in [0.2, 0.25) is 0 Å². The maximum Gasteiger partial charge on any atom is 0.273 e. The third kappa shape index (κ3) is 3.77. The average Bonchev–Trinajstić information content (AvgIpc) is 3.03. The normalized spacial score (nSPS) is 21.4. The van der Waals surface area contributed by atoms with Crippen molar-refractivity contribution >= 4 is 17.2 Å². The summed E-state index contributed by atoms with van der Waals surface area (Å²) in [5.41, 5.74) is 1.58. The Morgan fingerprint density at radius 3 is 2.91 bits per heavy atom. The van der Waals surface area contributed by atoms with Crippen molar-refractivity contribution in [3.8, 4) is 0 Å². The van der Waals surface area contributed by atoms with Crippen molar-refractivity contribution < 1.29 is 14.3 Å². The van der Waals surface area contributed by atoms with Gasteiger partial charge < -0.3 is 14.4 Å². The number of nitrogens with zero attached hydrogens (tertiary/aromatic N) is 2. The van der Waals surface area contributed by atoms with Crippen LogP contribution in [0.3, 0.4) is 0 Å². The van der Waals surface area contributed by atoms with E-state index in [0.29, 0.717) is 25.4 Å². The number of hydrogen-bond acceptors (Lipinski definition) is 5. The first-order valence-corrected chi connectivity index (χ1v) is 8.48. The molecule has 2 heterocycles. The lowest BCUT2D eigenvalue weighted by Crippen LogP contribution is -2.46. The first-order valence-electron chi connectivity index (χ1n) is 7.60.